The van der Waals surface area contributed by atoms with Crippen LogP contribution in [0.15, 0.2) is 42.6 Å². The van der Waals surface area contributed by atoms with E-state index < -0.39 is 5.82 Å². The van der Waals surface area contributed by atoms with Crippen LogP contribution in [0.5, 0.6) is 0 Å². The molecule has 0 saturated heterocycles. The van der Waals surface area contributed by atoms with E-state index in [0.29, 0.717) is 23.4 Å². The van der Waals surface area contributed by atoms with Gasteiger partial charge in [-0.2, -0.15) is 0 Å². The number of hydrogen-bond donors (Lipinski definition) is 1. The number of benzene rings is 2. The average molecular weight is 393 g/mol. The first-order chi connectivity index (χ1) is 12.5. The summed E-state index contributed by atoms with van der Waals surface area (Å²) in [6.07, 6.45) is 2.89. The zero-order chi connectivity index (χ0) is 18.7. The molecule has 26 heavy (non-hydrogen) atoms. The third-order valence-corrected chi connectivity index (χ3v) is 4.83. The zero-order valence-corrected chi connectivity index (χ0v) is 15.1. The van der Waals surface area contributed by atoms with Crippen LogP contribution in [0.3, 0.4) is 0 Å². The number of nitrogens with one attached hydrogen (secondary N) is 1. The van der Waals surface area contributed by atoms with Crippen LogP contribution in [0, 0.1) is 5.82 Å². The first kappa shape index (κ1) is 18.4. The van der Waals surface area contributed by atoms with Gasteiger partial charge in [0.25, 0.3) is 0 Å². The molecule has 4 nitrogen and oxygen atoms in total. The van der Waals surface area contributed by atoms with Gasteiger partial charge in [0.1, 0.15) is 5.82 Å². The van der Waals surface area contributed by atoms with Gasteiger partial charge >= 0.3 is 0 Å². The molecule has 0 saturated carbocycles. The molecule has 1 aromatic heterocycles. The quantitative estimate of drug-likeness (QED) is 0.616. The summed E-state index contributed by atoms with van der Waals surface area (Å²) in [5, 5.41) is 1.74. The van der Waals surface area contributed by atoms with Crippen molar-refractivity contribution >= 4 is 46.4 Å². The topological polar surface area (TPSA) is 53.2 Å². The number of fused-ring (bicyclic) bond motifs is 1. The van der Waals surface area contributed by atoms with Crippen LogP contribution in [0.1, 0.15) is 17.5 Å². The minimum atomic E-state index is -0.472. The van der Waals surface area contributed by atoms with E-state index in [1.807, 2.05) is 18.3 Å². The fourth-order valence-electron chi connectivity index (χ4n) is 2.79. The minimum absolute atomic E-state index is 0.00115. The Morgan fingerprint density at radius 1 is 1.15 bits per heavy atom. The highest BCUT2D eigenvalue weighted by Gasteiger charge is 2.16. The minimum Gasteiger partial charge on any atom is -0.360 e. The largest absolute Gasteiger partial charge is 0.360 e. The van der Waals surface area contributed by atoms with Crippen molar-refractivity contribution in [3.8, 4) is 0 Å². The maximum Gasteiger partial charge on any atom is 0.229 e. The van der Waals surface area contributed by atoms with Gasteiger partial charge in [-0.1, -0.05) is 41.4 Å². The number of hydrogen-bond acceptors (Lipinski definition) is 2. The summed E-state index contributed by atoms with van der Waals surface area (Å²) in [5.74, 6) is -0.808. The van der Waals surface area contributed by atoms with Gasteiger partial charge in [-0.25, -0.2) is 4.39 Å². The van der Waals surface area contributed by atoms with Gasteiger partial charge in [-0.3, -0.25) is 14.5 Å². The summed E-state index contributed by atoms with van der Waals surface area (Å²) in [6, 6.07) is 9.41. The number of para-hydroxylation sites is 1. The van der Waals surface area contributed by atoms with Crippen molar-refractivity contribution in [1.82, 2.24) is 9.88 Å². The fraction of sp³-hybridized carbons (Fsp3) is 0.158. The van der Waals surface area contributed by atoms with Crippen molar-refractivity contribution in [2.45, 2.75) is 19.4 Å². The molecule has 3 aromatic rings. The van der Waals surface area contributed by atoms with E-state index in [1.165, 1.54) is 12.1 Å². The normalized spacial score (nSPS) is 10.9. The summed E-state index contributed by atoms with van der Waals surface area (Å²) in [6.45, 7) is 0.00115. The molecule has 0 atom stereocenters. The first-order valence-corrected chi connectivity index (χ1v) is 8.68. The monoisotopic (exact) mass is 392 g/mol. The van der Waals surface area contributed by atoms with Crippen LogP contribution in [0.4, 0.5) is 4.39 Å². The lowest BCUT2D eigenvalue weighted by Gasteiger charge is -2.16. The molecule has 0 bridgehead atoms. The van der Waals surface area contributed by atoms with Crippen LogP contribution in [-0.4, -0.2) is 22.2 Å². The number of imide groups is 1. The molecule has 0 aliphatic rings. The van der Waals surface area contributed by atoms with Gasteiger partial charge in [0.15, 0.2) is 0 Å². The Labute approximate surface area is 159 Å². The predicted molar refractivity (Wildman–Crippen MR) is 99.7 cm³/mol. The van der Waals surface area contributed by atoms with Gasteiger partial charge in [0.2, 0.25) is 12.3 Å². The van der Waals surface area contributed by atoms with Gasteiger partial charge < -0.3 is 4.98 Å². The smallest absolute Gasteiger partial charge is 0.229 e. The summed E-state index contributed by atoms with van der Waals surface area (Å²) in [5.41, 5.74) is 2.27. The van der Waals surface area contributed by atoms with E-state index in [0.717, 1.165) is 27.4 Å². The second-order valence-electron chi connectivity index (χ2n) is 5.84. The van der Waals surface area contributed by atoms with Crippen LogP contribution in [0.2, 0.25) is 10.0 Å². The maximum absolute atomic E-state index is 13.1. The number of rotatable bonds is 6. The summed E-state index contributed by atoms with van der Waals surface area (Å²) in [7, 11) is 0. The molecule has 3 rings (SSSR count). The van der Waals surface area contributed by atoms with E-state index >= 15 is 0 Å². The predicted octanol–water partition coefficient (Wildman–Crippen LogP) is 4.73. The van der Waals surface area contributed by atoms with Crippen LogP contribution >= 0.6 is 23.2 Å². The maximum atomic E-state index is 13.1. The second kappa shape index (κ2) is 7.89. The molecule has 1 N–H and O–H groups in total. The number of amides is 2. The highest BCUT2D eigenvalue weighted by atomic mass is 35.5. The summed E-state index contributed by atoms with van der Waals surface area (Å²) in [4.78, 5) is 27.8. The molecule has 7 heteroatoms. The Balaban J connectivity index is 1.69. The van der Waals surface area contributed by atoms with Crippen molar-refractivity contribution in [2.24, 2.45) is 0 Å². The lowest BCUT2D eigenvalue weighted by Crippen LogP contribution is -2.29. The van der Waals surface area contributed by atoms with Gasteiger partial charge in [-0.05, 0) is 35.7 Å². The van der Waals surface area contributed by atoms with Crippen molar-refractivity contribution in [1.29, 1.82) is 0 Å². The van der Waals surface area contributed by atoms with E-state index in [-0.39, 0.29) is 23.9 Å². The molecule has 0 aliphatic heterocycles. The third kappa shape index (κ3) is 3.89. The number of nitrogens with zero attached hydrogens (tertiary/aromatic N) is 1. The third-order valence-electron chi connectivity index (χ3n) is 4.16. The highest BCUT2D eigenvalue weighted by Crippen LogP contribution is 2.26. The molecule has 0 spiro atoms. The van der Waals surface area contributed by atoms with Crippen LogP contribution in [-0.2, 0) is 22.6 Å². The van der Waals surface area contributed by atoms with Crippen molar-refractivity contribution in [3.05, 3.63) is 69.6 Å². The number of carbonyl (C=O) groups excluding carboxylic acids is 2. The Kier molecular flexibility index (Phi) is 5.59. The van der Waals surface area contributed by atoms with Crippen molar-refractivity contribution in [3.63, 3.8) is 0 Å². The molecule has 0 fully saturated rings. The van der Waals surface area contributed by atoms with Gasteiger partial charge in [0.05, 0.1) is 17.1 Å². The Morgan fingerprint density at radius 3 is 2.69 bits per heavy atom. The van der Waals surface area contributed by atoms with Crippen LogP contribution < -0.4 is 0 Å². The van der Waals surface area contributed by atoms with Gasteiger partial charge in [0, 0.05) is 23.0 Å². The number of H-pyrrole nitrogens is 1. The Morgan fingerprint density at radius 2 is 1.96 bits per heavy atom. The Bertz CT molecular complexity index is 971. The molecule has 2 amide bonds. The lowest BCUT2D eigenvalue weighted by atomic mass is 10.1. The second-order valence-corrected chi connectivity index (χ2v) is 6.65. The van der Waals surface area contributed by atoms with E-state index in [9.17, 15) is 14.0 Å². The molecule has 2 aromatic carbocycles. The summed E-state index contributed by atoms with van der Waals surface area (Å²) < 4.78 is 13.1. The standard InChI is InChI=1S/C19H15Cl2FN2O2/c20-16-3-1-2-15-12(9-23-19(15)16)5-7-18(26)24(11-25)10-13-4-6-14(22)8-17(13)21/h1-4,6,8-9,11,23H,5,7,10H2. The number of aromatic nitrogens is 1. The Hall–Kier alpha value is -2.37. The molecule has 0 aliphatic carbocycles. The summed E-state index contributed by atoms with van der Waals surface area (Å²) >= 11 is 12.1. The fourth-order valence-corrected chi connectivity index (χ4v) is 3.24. The molecule has 1 heterocycles. The first-order valence-electron chi connectivity index (χ1n) is 7.92. The van der Waals surface area contributed by atoms with E-state index in [1.54, 1.807) is 6.07 Å². The molecular weight excluding hydrogens is 378 g/mol. The van der Waals surface area contributed by atoms with E-state index in [2.05, 4.69) is 4.98 Å². The van der Waals surface area contributed by atoms with Crippen LogP contribution in [0.25, 0.3) is 10.9 Å². The number of aryl methyl sites for hydroxylation is 1. The van der Waals surface area contributed by atoms with Crippen molar-refractivity contribution in [2.75, 3.05) is 0 Å². The molecule has 0 unspecified atom stereocenters. The van der Waals surface area contributed by atoms with Crippen molar-refractivity contribution < 1.29 is 14.0 Å². The number of carbonyl (C=O) groups is 2. The molecular formula is C19H15Cl2FN2O2. The number of aromatic amines is 1. The molecule has 134 valence electrons. The highest BCUT2D eigenvalue weighted by molar-refractivity contribution is 6.35. The number of halogens is 3. The SMILES string of the molecule is O=CN(Cc1ccc(F)cc1Cl)C(=O)CCc1c[nH]c2c(Cl)cccc12. The molecule has 0 radical (unpaired) electrons. The van der Waals surface area contributed by atoms with E-state index in [4.69, 9.17) is 23.2 Å². The lowest BCUT2D eigenvalue weighted by molar-refractivity contribution is -0.138. The van der Waals surface area contributed by atoms with Gasteiger partial charge in [-0.15, -0.1) is 0 Å². The zero-order valence-electron chi connectivity index (χ0n) is 13.6. The average Bonchev–Trinajstić information content (AvgIpc) is 3.03.